The van der Waals surface area contributed by atoms with Gasteiger partial charge in [0.2, 0.25) is 0 Å². The van der Waals surface area contributed by atoms with Gasteiger partial charge in [0.1, 0.15) is 0 Å². The number of aromatic hydroxyl groups is 1. The quantitative estimate of drug-likeness (QED) is 0.736. The molecule has 2 aromatic carbocycles. The van der Waals surface area contributed by atoms with E-state index in [2.05, 4.69) is 10.6 Å². The first kappa shape index (κ1) is 12.6. The fraction of sp³-hybridized carbons (Fsp3) is 0.133. The molecule has 5 heteroatoms. The summed E-state index contributed by atoms with van der Waals surface area (Å²) in [4.78, 5) is 12.1. The molecule has 4 nitrogen and oxygen atoms in total. The SMILES string of the molecule is O=C(Nc1ccc(O)c(F)c1)c1ccc2c(c1)CNC2. The van der Waals surface area contributed by atoms with E-state index >= 15 is 0 Å². The average Bonchev–Trinajstić information content (AvgIpc) is 2.90. The number of amides is 1. The maximum absolute atomic E-state index is 13.2. The van der Waals surface area contributed by atoms with Gasteiger partial charge in [-0.2, -0.15) is 0 Å². The molecule has 0 bridgehead atoms. The van der Waals surface area contributed by atoms with Gasteiger partial charge in [-0.15, -0.1) is 0 Å². The largest absolute Gasteiger partial charge is 0.505 e. The molecule has 1 heterocycles. The Hall–Kier alpha value is -2.40. The number of phenols is 1. The van der Waals surface area contributed by atoms with Crippen molar-refractivity contribution < 1.29 is 14.3 Å². The van der Waals surface area contributed by atoms with Crippen LogP contribution in [-0.2, 0) is 13.1 Å². The molecule has 1 amide bonds. The monoisotopic (exact) mass is 272 g/mol. The van der Waals surface area contributed by atoms with Crippen LogP contribution in [0.15, 0.2) is 36.4 Å². The normalized spacial score (nSPS) is 13.1. The van der Waals surface area contributed by atoms with E-state index in [1.165, 1.54) is 17.7 Å². The number of hydrogen-bond donors (Lipinski definition) is 3. The molecule has 0 atom stereocenters. The summed E-state index contributed by atoms with van der Waals surface area (Å²) in [6, 6.07) is 9.24. The van der Waals surface area contributed by atoms with Crippen LogP contribution in [0.4, 0.5) is 10.1 Å². The predicted octanol–water partition coefficient (Wildman–Crippen LogP) is 2.39. The van der Waals surface area contributed by atoms with Crippen LogP contribution in [0.3, 0.4) is 0 Å². The molecule has 3 N–H and O–H groups in total. The topological polar surface area (TPSA) is 61.4 Å². The molecule has 0 spiro atoms. The van der Waals surface area contributed by atoms with Gasteiger partial charge in [-0.25, -0.2) is 4.39 Å². The molecular formula is C15H13FN2O2. The molecule has 0 saturated carbocycles. The molecule has 20 heavy (non-hydrogen) atoms. The van der Waals surface area contributed by atoms with Gasteiger partial charge >= 0.3 is 0 Å². The number of carbonyl (C=O) groups excluding carboxylic acids is 1. The summed E-state index contributed by atoms with van der Waals surface area (Å²) in [7, 11) is 0. The molecule has 0 saturated heterocycles. The van der Waals surface area contributed by atoms with Crippen molar-refractivity contribution in [3.63, 3.8) is 0 Å². The number of carbonyl (C=O) groups is 1. The van der Waals surface area contributed by atoms with E-state index in [4.69, 9.17) is 5.11 Å². The third-order valence-electron chi connectivity index (χ3n) is 3.30. The van der Waals surface area contributed by atoms with Crippen molar-refractivity contribution in [3.8, 4) is 5.75 Å². The highest BCUT2D eigenvalue weighted by Gasteiger charge is 2.14. The number of benzene rings is 2. The summed E-state index contributed by atoms with van der Waals surface area (Å²) >= 11 is 0. The van der Waals surface area contributed by atoms with Crippen molar-refractivity contribution in [1.29, 1.82) is 0 Å². The Morgan fingerprint density at radius 1 is 1.15 bits per heavy atom. The summed E-state index contributed by atoms with van der Waals surface area (Å²) in [5, 5.41) is 14.9. The Kier molecular flexibility index (Phi) is 3.12. The number of hydrogen-bond acceptors (Lipinski definition) is 3. The molecule has 1 aliphatic heterocycles. The summed E-state index contributed by atoms with van der Waals surface area (Å²) in [5.41, 5.74) is 3.14. The van der Waals surface area contributed by atoms with Gasteiger partial charge in [0.05, 0.1) is 0 Å². The molecule has 2 aromatic rings. The van der Waals surface area contributed by atoms with Gasteiger partial charge in [0.25, 0.3) is 5.91 Å². The first-order chi connectivity index (χ1) is 9.63. The molecule has 0 aliphatic carbocycles. The van der Waals surface area contributed by atoms with Gasteiger partial charge in [0.15, 0.2) is 11.6 Å². The third-order valence-corrected chi connectivity index (χ3v) is 3.30. The number of phenolic OH excluding ortho intramolecular Hbond substituents is 1. The molecule has 0 unspecified atom stereocenters. The van der Waals surface area contributed by atoms with Crippen molar-refractivity contribution in [2.45, 2.75) is 13.1 Å². The predicted molar refractivity (Wildman–Crippen MR) is 73.0 cm³/mol. The minimum Gasteiger partial charge on any atom is -0.505 e. The zero-order valence-corrected chi connectivity index (χ0v) is 10.6. The summed E-state index contributed by atoms with van der Waals surface area (Å²) < 4.78 is 13.2. The maximum atomic E-state index is 13.2. The van der Waals surface area contributed by atoms with Gasteiger partial charge in [0, 0.05) is 30.4 Å². The fourth-order valence-electron chi connectivity index (χ4n) is 2.22. The Bertz CT molecular complexity index is 686. The maximum Gasteiger partial charge on any atom is 0.255 e. The number of nitrogens with one attached hydrogen (secondary N) is 2. The van der Waals surface area contributed by atoms with Gasteiger partial charge in [-0.1, -0.05) is 6.07 Å². The van der Waals surface area contributed by atoms with Crippen molar-refractivity contribution in [1.82, 2.24) is 5.32 Å². The van der Waals surface area contributed by atoms with Crippen LogP contribution in [0, 0.1) is 5.82 Å². The number of rotatable bonds is 2. The van der Waals surface area contributed by atoms with E-state index in [0.29, 0.717) is 11.3 Å². The van der Waals surface area contributed by atoms with E-state index in [1.54, 1.807) is 6.07 Å². The molecule has 0 aromatic heterocycles. The Labute approximate surface area is 115 Å². The van der Waals surface area contributed by atoms with E-state index < -0.39 is 11.6 Å². The highest BCUT2D eigenvalue weighted by atomic mass is 19.1. The molecule has 0 radical (unpaired) electrons. The van der Waals surface area contributed by atoms with Gasteiger partial charge in [-0.3, -0.25) is 4.79 Å². The third kappa shape index (κ3) is 2.35. The Morgan fingerprint density at radius 3 is 2.75 bits per heavy atom. The highest BCUT2D eigenvalue weighted by Crippen LogP contribution is 2.21. The lowest BCUT2D eigenvalue weighted by Crippen LogP contribution is -2.12. The van der Waals surface area contributed by atoms with E-state index in [9.17, 15) is 9.18 Å². The van der Waals surface area contributed by atoms with Crippen molar-refractivity contribution in [3.05, 3.63) is 58.9 Å². The molecule has 3 rings (SSSR count). The van der Waals surface area contributed by atoms with Crippen LogP contribution in [0.2, 0.25) is 0 Å². The Balaban J connectivity index is 1.80. The fourth-order valence-corrected chi connectivity index (χ4v) is 2.22. The summed E-state index contributed by atoms with van der Waals surface area (Å²) in [6.45, 7) is 1.57. The number of halogens is 1. The number of fused-ring (bicyclic) bond motifs is 1. The van der Waals surface area contributed by atoms with E-state index in [-0.39, 0.29) is 5.91 Å². The van der Waals surface area contributed by atoms with Crippen molar-refractivity contribution in [2.24, 2.45) is 0 Å². The lowest BCUT2D eigenvalue weighted by molar-refractivity contribution is 0.102. The minimum atomic E-state index is -0.763. The van der Waals surface area contributed by atoms with Crippen LogP contribution in [0.5, 0.6) is 5.75 Å². The number of anilines is 1. The molecular weight excluding hydrogens is 259 g/mol. The van der Waals surface area contributed by atoms with Crippen LogP contribution in [0.1, 0.15) is 21.5 Å². The minimum absolute atomic E-state index is 0.301. The van der Waals surface area contributed by atoms with Crippen molar-refractivity contribution >= 4 is 11.6 Å². The average molecular weight is 272 g/mol. The standard InChI is InChI=1S/C15H13FN2O2/c16-13-6-12(3-4-14(13)19)18-15(20)9-1-2-10-7-17-8-11(10)5-9/h1-6,17,19H,7-8H2,(H,18,20). The van der Waals surface area contributed by atoms with Gasteiger partial charge in [-0.05, 0) is 35.4 Å². The second-order valence-corrected chi connectivity index (χ2v) is 4.71. The summed E-state index contributed by atoms with van der Waals surface area (Å²) in [6.07, 6.45) is 0. The zero-order chi connectivity index (χ0) is 14.1. The smallest absolute Gasteiger partial charge is 0.255 e. The second-order valence-electron chi connectivity index (χ2n) is 4.71. The first-order valence-electron chi connectivity index (χ1n) is 6.26. The first-order valence-corrected chi connectivity index (χ1v) is 6.26. The Morgan fingerprint density at radius 2 is 1.95 bits per heavy atom. The second kappa shape index (κ2) is 4.94. The lowest BCUT2D eigenvalue weighted by Gasteiger charge is -2.07. The molecule has 102 valence electrons. The van der Waals surface area contributed by atoms with Crippen LogP contribution >= 0.6 is 0 Å². The zero-order valence-electron chi connectivity index (χ0n) is 10.6. The van der Waals surface area contributed by atoms with E-state index in [0.717, 1.165) is 24.7 Å². The molecule has 0 fully saturated rings. The molecule has 1 aliphatic rings. The van der Waals surface area contributed by atoms with Crippen LogP contribution in [0.25, 0.3) is 0 Å². The van der Waals surface area contributed by atoms with E-state index in [1.807, 2.05) is 12.1 Å². The van der Waals surface area contributed by atoms with Crippen LogP contribution in [-0.4, -0.2) is 11.0 Å². The van der Waals surface area contributed by atoms with Gasteiger partial charge < -0.3 is 15.7 Å². The lowest BCUT2D eigenvalue weighted by atomic mass is 10.1. The van der Waals surface area contributed by atoms with Crippen LogP contribution < -0.4 is 10.6 Å². The highest BCUT2D eigenvalue weighted by molar-refractivity contribution is 6.04. The van der Waals surface area contributed by atoms with Crippen molar-refractivity contribution in [2.75, 3.05) is 5.32 Å². The summed E-state index contributed by atoms with van der Waals surface area (Å²) in [5.74, 6) is -1.50.